The summed E-state index contributed by atoms with van der Waals surface area (Å²) in [5.41, 5.74) is -1.38. The summed E-state index contributed by atoms with van der Waals surface area (Å²) in [4.78, 5) is 28.0. The smallest absolute Gasteiger partial charge is 0.339 e. The molecule has 0 spiro atoms. The first-order valence-corrected chi connectivity index (χ1v) is 5.19. The molecule has 0 fully saturated rings. The first kappa shape index (κ1) is 11.6. The molecule has 2 N–H and O–H groups in total. The minimum Gasteiger partial charge on any atom is -0.462 e. The van der Waals surface area contributed by atoms with Gasteiger partial charge in [-0.3, -0.25) is 9.36 Å². The molecule has 0 bridgehead atoms. The highest BCUT2D eigenvalue weighted by Gasteiger charge is 2.32. The van der Waals surface area contributed by atoms with Gasteiger partial charge < -0.3 is 14.5 Å². The van der Waals surface area contributed by atoms with Crippen LogP contribution in [0.3, 0.4) is 0 Å². The summed E-state index contributed by atoms with van der Waals surface area (Å²) >= 11 is 0. The fraction of sp³-hybridized carbons (Fsp3) is 0.833. The average molecular weight is 196 g/mol. The maximum absolute atomic E-state index is 10.9. The van der Waals surface area contributed by atoms with Gasteiger partial charge in [0.05, 0.1) is 6.10 Å². The second-order valence-electron chi connectivity index (χ2n) is 2.75. The summed E-state index contributed by atoms with van der Waals surface area (Å²) in [7, 11) is -4.34. The van der Waals surface area contributed by atoms with Crippen LogP contribution in [0.5, 0.6) is 0 Å². The fourth-order valence-electron chi connectivity index (χ4n) is 0.468. The molecule has 0 radical (unpaired) electrons. The molecular formula is C6H13O5P. The summed E-state index contributed by atoms with van der Waals surface area (Å²) in [5.74, 6) is -0.863. The normalized spacial score (nSPS) is 14.5. The fourth-order valence-corrected chi connectivity index (χ4v) is 0.804. The summed E-state index contributed by atoms with van der Waals surface area (Å²) < 4.78 is 15.2. The van der Waals surface area contributed by atoms with Crippen molar-refractivity contribution in [2.45, 2.75) is 32.5 Å². The van der Waals surface area contributed by atoms with Crippen LogP contribution >= 0.6 is 7.60 Å². The summed E-state index contributed by atoms with van der Waals surface area (Å²) in [5, 5.41) is 0. The van der Waals surface area contributed by atoms with Crippen molar-refractivity contribution in [3.63, 3.8) is 0 Å². The molecule has 0 saturated heterocycles. The molecule has 6 heteroatoms. The van der Waals surface area contributed by atoms with Gasteiger partial charge in [0, 0.05) is 0 Å². The molecule has 72 valence electrons. The van der Waals surface area contributed by atoms with E-state index in [1.54, 1.807) is 13.8 Å². The molecule has 0 aliphatic carbocycles. The third-order valence-corrected chi connectivity index (χ3v) is 2.42. The second kappa shape index (κ2) is 4.03. The molecule has 1 atom stereocenters. The Morgan fingerprint density at radius 2 is 1.75 bits per heavy atom. The van der Waals surface area contributed by atoms with Crippen molar-refractivity contribution in [3.8, 4) is 0 Å². The lowest BCUT2D eigenvalue weighted by Crippen LogP contribution is -2.23. The van der Waals surface area contributed by atoms with Crippen molar-refractivity contribution in [1.82, 2.24) is 0 Å². The van der Waals surface area contributed by atoms with Crippen LogP contribution in [0.1, 0.15) is 20.8 Å². The van der Waals surface area contributed by atoms with E-state index in [1.165, 1.54) is 0 Å². The molecule has 5 nitrogen and oxygen atoms in total. The van der Waals surface area contributed by atoms with Gasteiger partial charge in [-0.1, -0.05) is 0 Å². The predicted molar refractivity (Wildman–Crippen MR) is 42.7 cm³/mol. The molecule has 0 rings (SSSR count). The Kier molecular flexibility index (Phi) is 3.90. The average Bonchev–Trinajstić information content (AvgIpc) is 1.82. The number of hydrogen-bond acceptors (Lipinski definition) is 3. The minimum absolute atomic E-state index is 0.355. The van der Waals surface area contributed by atoms with E-state index in [9.17, 15) is 9.36 Å². The lowest BCUT2D eigenvalue weighted by Gasteiger charge is -2.14. The van der Waals surface area contributed by atoms with Crippen molar-refractivity contribution in [3.05, 3.63) is 0 Å². The number of ether oxygens (including phenoxy) is 1. The molecule has 0 aliphatic rings. The molecule has 0 aliphatic heterocycles. The number of hydrogen-bond donors (Lipinski definition) is 2. The van der Waals surface area contributed by atoms with Crippen LogP contribution in [0.2, 0.25) is 0 Å². The molecule has 0 amide bonds. The van der Waals surface area contributed by atoms with Gasteiger partial charge >= 0.3 is 13.6 Å². The number of carbonyl (C=O) groups is 1. The van der Waals surface area contributed by atoms with Gasteiger partial charge in [-0.15, -0.1) is 0 Å². The predicted octanol–water partition coefficient (Wildman–Crippen LogP) is 0.504. The third-order valence-electron chi connectivity index (χ3n) is 1.20. The highest BCUT2D eigenvalue weighted by Crippen LogP contribution is 2.41. The van der Waals surface area contributed by atoms with E-state index >= 15 is 0 Å². The van der Waals surface area contributed by atoms with E-state index < -0.39 is 19.2 Å². The first-order chi connectivity index (χ1) is 5.25. The quantitative estimate of drug-likeness (QED) is 0.507. The van der Waals surface area contributed by atoms with Crippen molar-refractivity contribution in [2.75, 3.05) is 0 Å². The standard InChI is InChI=1S/C6H13O5P/c1-4(2)11-6(7)5(3)12(8,9)10/h4-5H,1-3H3,(H2,8,9,10). The molecule has 0 saturated carbocycles. The Morgan fingerprint density at radius 3 is 2.00 bits per heavy atom. The van der Waals surface area contributed by atoms with Gasteiger partial charge in [0.1, 0.15) is 0 Å². The largest absolute Gasteiger partial charge is 0.462 e. The zero-order valence-corrected chi connectivity index (χ0v) is 8.12. The van der Waals surface area contributed by atoms with Crippen molar-refractivity contribution < 1.29 is 23.9 Å². The van der Waals surface area contributed by atoms with Gasteiger partial charge in [-0.25, -0.2) is 0 Å². The minimum atomic E-state index is -4.34. The summed E-state index contributed by atoms with van der Waals surface area (Å²) in [6.07, 6.45) is -0.355. The Labute approximate surface area is 70.9 Å². The van der Waals surface area contributed by atoms with E-state index in [4.69, 9.17) is 9.79 Å². The van der Waals surface area contributed by atoms with Gasteiger partial charge in [0.2, 0.25) is 0 Å². The summed E-state index contributed by atoms with van der Waals surface area (Å²) in [6.45, 7) is 4.38. The highest BCUT2D eigenvalue weighted by atomic mass is 31.2. The maximum Gasteiger partial charge on any atom is 0.339 e. The second-order valence-corrected chi connectivity index (χ2v) is 4.70. The summed E-state index contributed by atoms with van der Waals surface area (Å²) in [6, 6.07) is 0. The van der Waals surface area contributed by atoms with Gasteiger partial charge in [-0.2, -0.15) is 0 Å². The Morgan fingerprint density at radius 1 is 1.33 bits per heavy atom. The van der Waals surface area contributed by atoms with Crippen LogP contribution in [-0.2, 0) is 14.1 Å². The lowest BCUT2D eigenvalue weighted by atomic mass is 10.4. The van der Waals surface area contributed by atoms with Crippen molar-refractivity contribution in [1.29, 1.82) is 0 Å². The van der Waals surface area contributed by atoms with Crippen LogP contribution in [-0.4, -0.2) is 27.5 Å². The Balaban J connectivity index is 4.22. The molecule has 12 heavy (non-hydrogen) atoms. The number of carbonyl (C=O) groups excluding carboxylic acids is 1. The monoisotopic (exact) mass is 196 g/mol. The zero-order chi connectivity index (χ0) is 9.94. The van der Waals surface area contributed by atoms with E-state index in [0.29, 0.717) is 0 Å². The highest BCUT2D eigenvalue weighted by molar-refractivity contribution is 7.53. The third kappa shape index (κ3) is 3.85. The van der Waals surface area contributed by atoms with Gasteiger partial charge in [-0.05, 0) is 20.8 Å². The van der Waals surface area contributed by atoms with Crippen LogP contribution in [0.25, 0.3) is 0 Å². The first-order valence-electron chi connectivity index (χ1n) is 3.51. The van der Waals surface area contributed by atoms with Crippen molar-refractivity contribution in [2.24, 2.45) is 0 Å². The number of rotatable bonds is 3. The maximum atomic E-state index is 10.9. The number of esters is 1. The van der Waals surface area contributed by atoms with Crippen LogP contribution in [0, 0.1) is 0 Å². The lowest BCUT2D eigenvalue weighted by molar-refractivity contribution is -0.146. The molecule has 0 heterocycles. The van der Waals surface area contributed by atoms with Crippen LogP contribution in [0.15, 0.2) is 0 Å². The Bertz CT molecular complexity index is 206. The van der Waals surface area contributed by atoms with E-state index in [-0.39, 0.29) is 6.10 Å². The van der Waals surface area contributed by atoms with Gasteiger partial charge in [0.15, 0.2) is 5.66 Å². The molecule has 1 unspecified atom stereocenters. The van der Waals surface area contributed by atoms with E-state index in [0.717, 1.165) is 6.92 Å². The van der Waals surface area contributed by atoms with Gasteiger partial charge in [0.25, 0.3) is 0 Å². The molecule has 0 aromatic carbocycles. The molecule has 0 aromatic heterocycles. The molecule has 0 aromatic rings. The van der Waals surface area contributed by atoms with Crippen LogP contribution in [0.4, 0.5) is 0 Å². The Hall–Kier alpha value is -0.380. The topological polar surface area (TPSA) is 83.8 Å². The molecular weight excluding hydrogens is 183 g/mol. The van der Waals surface area contributed by atoms with Crippen molar-refractivity contribution >= 4 is 13.6 Å². The van der Waals surface area contributed by atoms with E-state index in [1.807, 2.05) is 0 Å². The zero-order valence-electron chi connectivity index (χ0n) is 7.22. The van der Waals surface area contributed by atoms with E-state index in [2.05, 4.69) is 4.74 Å². The van der Waals surface area contributed by atoms with Crippen LogP contribution < -0.4 is 0 Å². The SMILES string of the molecule is CC(C)OC(=O)C(C)P(=O)(O)O.